The highest BCUT2D eigenvalue weighted by atomic mass is 32.2. The number of amides is 1. The topological polar surface area (TPSA) is 140 Å². The highest BCUT2D eigenvalue weighted by molar-refractivity contribution is 7.92. The van der Waals surface area contributed by atoms with Crippen molar-refractivity contribution in [3.63, 3.8) is 0 Å². The van der Waals surface area contributed by atoms with Gasteiger partial charge in [-0.05, 0) is 42.0 Å². The summed E-state index contributed by atoms with van der Waals surface area (Å²) < 4.78 is 89.4. The normalized spacial score (nSPS) is 12.2. The summed E-state index contributed by atoms with van der Waals surface area (Å²) in [5.41, 5.74) is -4.56. The number of carbonyl (C=O) groups is 1. The van der Waals surface area contributed by atoms with Gasteiger partial charge in [0.25, 0.3) is 15.7 Å². The van der Waals surface area contributed by atoms with Crippen LogP contribution in [-0.2, 0) is 26.1 Å². The van der Waals surface area contributed by atoms with Crippen LogP contribution in [0.4, 0.5) is 18.9 Å². The van der Waals surface area contributed by atoms with Crippen molar-refractivity contribution in [2.45, 2.75) is 21.7 Å². The summed E-state index contributed by atoms with van der Waals surface area (Å²) in [6.45, 7) is 0.0751. The minimum atomic E-state index is -5.41. The zero-order valence-electron chi connectivity index (χ0n) is 18.5. The van der Waals surface area contributed by atoms with Gasteiger partial charge in [0.05, 0.1) is 17.1 Å². The molecule has 14 heteroatoms. The Labute approximate surface area is 204 Å². The summed E-state index contributed by atoms with van der Waals surface area (Å²) in [6, 6.07) is 10.7. The standard InChI is InChI=1S/C22H19F3N2O7S2/c1-35(30,31)19-12-16(5-8-18(19)28)27-21(29)15-4-9-20(26-13-15)34-11-10-14-2-6-17(7-3-14)36(32,33)22(23,24)25/h2-9,12-13,28H,10-11H2,1H3,(H,27,29). The van der Waals surface area contributed by atoms with Crippen LogP contribution in [0.3, 0.4) is 0 Å². The fraction of sp³-hybridized carbons (Fsp3) is 0.182. The highest BCUT2D eigenvalue weighted by Crippen LogP contribution is 2.30. The summed E-state index contributed by atoms with van der Waals surface area (Å²) in [6.07, 6.45) is 2.39. The number of rotatable bonds is 8. The van der Waals surface area contributed by atoms with Crippen molar-refractivity contribution in [3.05, 3.63) is 71.9 Å². The number of aromatic hydroxyl groups is 1. The Balaban J connectivity index is 1.57. The van der Waals surface area contributed by atoms with Gasteiger partial charge in [0, 0.05) is 30.6 Å². The molecule has 0 fully saturated rings. The molecule has 0 unspecified atom stereocenters. The second kappa shape index (κ2) is 10.1. The molecule has 1 amide bonds. The third-order valence-corrected chi connectivity index (χ3v) is 7.42. The second-order valence-electron chi connectivity index (χ2n) is 7.49. The monoisotopic (exact) mass is 544 g/mol. The van der Waals surface area contributed by atoms with E-state index in [9.17, 15) is 39.9 Å². The number of nitrogens with zero attached hydrogens (tertiary/aromatic N) is 1. The van der Waals surface area contributed by atoms with Gasteiger partial charge in [-0.25, -0.2) is 21.8 Å². The summed E-state index contributed by atoms with van der Waals surface area (Å²) in [5, 5.41) is 12.2. The number of ether oxygens (including phenoxy) is 1. The van der Waals surface area contributed by atoms with Crippen molar-refractivity contribution in [2.24, 2.45) is 0 Å². The van der Waals surface area contributed by atoms with Crippen LogP contribution in [0.15, 0.2) is 70.6 Å². The molecule has 2 aromatic carbocycles. The van der Waals surface area contributed by atoms with E-state index in [4.69, 9.17) is 4.74 Å². The summed E-state index contributed by atoms with van der Waals surface area (Å²) >= 11 is 0. The predicted molar refractivity (Wildman–Crippen MR) is 122 cm³/mol. The van der Waals surface area contributed by atoms with Gasteiger partial charge >= 0.3 is 5.51 Å². The van der Waals surface area contributed by atoms with Crippen LogP contribution in [0.5, 0.6) is 11.6 Å². The van der Waals surface area contributed by atoms with E-state index in [-0.39, 0.29) is 35.1 Å². The van der Waals surface area contributed by atoms with Gasteiger partial charge < -0.3 is 15.2 Å². The Morgan fingerprint density at radius 2 is 1.69 bits per heavy atom. The van der Waals surface area contributed by atoms with Gasteiger partial charge in [0.1, 0.15) is 10.6 Å². The molecule has 1 aromatic heterocycles. The molecule has 36 heavy (non-hydrogen) atoms. The first-order chi connectivity index (χ1) is 16.7. The number of sulfone groups is 2. The largest absolute Gasteiger partial charge is 0.507 e. The van der Waals surface area contributed by atoms with Crippen molar-refractivity contribution < 1.29 is 44.6 Å². The first-order valence-corrected chi connectivity index (χ1v) is 13.4. The number of aromatic nitrogens is 1. The van der Waals surface area contributed by atoms with Crippen molar-refractivity contribution in [2.75, 3.05) is 18.2 Å². The fourth-order valence-electron chi connectivity index (χ4n) is 2.93. The van der Waals surface area contributed by atoms with Crippen LogP contribution >= 0.6 is 0 Å². The molecule has 0 saturated heterocycles. The molecule has 2 N–H and O–H groups in total. The van der Waals surface area contributed by atoms with Crippen molar-refractivity contribution in [1.29, 1.82) is 0 Å². The number of phenols is 1. The van der Waals surface area contributed by atoms with E-state index >= 15 is 0 Å². The van der Waals surface area contributed by atoms with Crippen molar-refractivity contribution in [3.8, 4) is 11.6 Å². The highest BCUT2D eigenvalue weighted by Gasteiger charge is 2.46. The molecule has 3 aromatic rings. The molecule has 9 nitrogen and oxygen atoms in total. The third kappa shape index (κ3) is 6.31. The summed E-state index contributed by atoms with van der Waals surface area (Å²) in [4.78, 5) is 15.2. The lowest BCUT2D eigenvalue weighted by atomic mass is 10.2. The maximum atomic E-state index is 12.6. The maximum Gasteiger partial charge on any atom is 0.501 e. The lowest BCUT2D eigenvalue weighted by Crippen LogP contribution is -2.23. The minimum Gasteiger partial charge on any atom is -0.507 e. The summed E-state index contributed by atoms with van der Waals surface area (Å²) in [7, 11) is -9.12. The fourth-order valence-corrected chi connectivity index (χ4v) is 4.49. The lowest BCUT2D eigenvalue weighted by Gasteiger charge is -2.10. The van der Waals surface area contributed by atoms with E-state index in [0.717, 1.165) is 30.5 Å². The molecule has 0 aliphatic rings. The zero-order chi connectivity index (χ0) is 26.7. The number of hydrogen-bond acceptors (Lipinski definition) is 8. The van der Waals surface area contributed by atoms with E-state index in [2.05, 4.69) is 10.3 Å². The van der Waals surface area contributed by atoms with E-state index < -0.39 is 41.7 Å². The Morgan fingerprint density at radius 1 is 1.03 bits per heavy atom. The number of benzene rings is 2. The zero-order valence-corrected chi connectivity index (χ0v) is 20.1. The van der Waals surface area contributed by atoms with Crippen LogP contribution in [-0.4, -0.2) is 51.2 Å². The van der Waals surface area contributed by atoms with E-state index in [1.807, 2.05) is 0 Å². The Kier molecular flexibility index (Phi) is 7.59. The molecular weight excluding hydrogens is 525 g/mol. The van der Waals surface area contributed by atoms with Gasteiger partial charge in [0.15, 0.2) is 9.84 Å². The Bertz CT molecular complexity index is 1470. The first-order valence-electron chi connectivity index (χ1n) is 10.0. The van der Waals surface area contributed by atoms with Crippen LogP contribution in [0.25, 0.3) is 0 Å². The number of nitrogens with one attached hydrogen (secondary N) is 1. The van der Waals surface area contributed by atoms with Crippen LogP contribution in [0, 0.1) is 0 Å². The Morgan fingerprint density at radius 3 is 2.25 bits per heavy atom. The second-order valence-corrected chi connectivity index (χ2v) is 11.4. The quantitative estimate of drug-likeness (QED) is 0.412. The molecule has 0 aliphatic carbocycles. The molecule has 0 saturated carbocycles. The van der Waals surface area contributed by atoms with E-state index in [0.29, 0.717) is 5.56 Å². The third-order valence-electron chi connectivity index (χ3n) is 4.79. The number of halogens is 3. The molecule has 0 aliphatic heterocycles. The number of phenolic OH excluding ortho intramolecular Hbond substituents is 1. The average molecular weight is 545 g/mol. The average Bonchev–Trinajstić information content (AvgIpc) is 2.79. The van der Waals surface area contributed by atoms with Crippen LogP contribution in [0.2, 0.25) is 0 Å². The molecule has 0 radical (unpaired) electrons. The van der Waals surface area contributed by atoms with Gasteiger partial charge in [-0.3, -0.25) is 4.79 Å². The molecule has 0 bridgehead atoms. The molecule has 3 rings (SSSR count). The van der Waals surface area contributed by atoms with E-state index in [1.165, 1.54) is 36.5 Å². The predicted octanol–water partition coefficient (Wildman–Crippen LogP) is 3.36. The number of pyridine rings is 1. The number of hydrogen-bond donors (Lipinski definition) is 2. The number of carbonyl (C=O) groups excluding carboxylic acids is 1. The smallest absolute Gasteiger partial charge is 0.501 e. The van der Waals surface area contributed by atoms with Crippen LogP contribution < -0.4 is 10.1 Å². The van der Waals surface area contributed by atoms with Gasteiger partial charge in [0.2, 0.25) is 5.88 Å². The molecule has 0 spiro atoms. The maximum absolute atomic E-state index is 12.6. The Hall–Kier alpha value is -3.65. The molecule has 1 heterocycles. The van der Waals surface area contributed by atoms with Crippen molar-refractivity contribution >= 4 is 31.3 Å². The molecular formula is C22H19F3N2O7S2. The SMILES string of the molecule is CS(=O)(=O)c1cc(NC(=O)c2ccc(OCCc3ccc(S(=O)(=O)C(F)(F)F)cc3)nc2)ccc1O. The van der Waals surface area contributed by atoms with Gasteiger partial charge in [-0.2, -0.15) is 13.2 Å². The first kappa shape index (κ1) is 26.9. The van der Waals surface area contributed by atoms with Crippen LogP contribution in [0.1, 0.15) is 15.9 Å². The lowest BCUT2D eigenvalue weighted by molar-refractivity contribution is -0.0436. The number of alkyl halides is 3. The van der Waals surface area contributed by atoms with Gasteiger partial charge in [-0.1, -0.05) is 12.1 Å². The molecule has 192 valence electrons. The van der Waals surface area contributed by atoms with Crippen molar-refractivity contribution in [1.82, 2.24) is 4.98 Å². The van der Waals surface area contributed by atoms with Gasteiger partial charge in [-0.15, -0.1) is 0 Å². The minimum absolute atomic E-state index is 0.0751. The summed E-state index contributed by atoms with van der Waals surface area (Å²) in [5.74, 6) is -0.874. The van der Waals surface area contributed by atoms with E-state index in [1.54, 1.807) is 0 Å². The molecule has 0 atom stereocenters. The number of anilines is 1.